The van der Waals surface area contributed by atoms with E-state index in [9.17, 15) is 17.2 Å². The van der Waals surface area contributed by atoms with Crippen LogP contribution in [0.15, 0.2) is 12.1 Å². The average molecular weight is 295 g/mol. The summed E-state index contributed by atoms with van der Waals surface area (Å²) < 4.78 is 48.3. The summed E-state index contributed by atoms with van der Waals surface area (Å²) >= 11 is 4.59. The predicted octanol–water partition coefficient (Wildman–Crippen LogP) is 0.299. The fourth-order valence-corrected chi connectivity index (χ4v) is 1.71. The summed E-state index contributed by atoms with van der Waals surface area (Å²) in [4.78, 5) is -0.135. The number of hydrogen-bond donors (Lipinski definition) is 3. The number of nitrogens with two attached hydrogens (primary N) is 2. The summed E-state index contributed by atoms with van der Waals surface area (Å²) in [5.74, 6) is -2.26. The lowest BCUT2D eigenvalue weighted by atomic mass is 10.2. The van der Waals surface area contributed by atoms with Crippen LogP contribution in [0.1, 0.15) is 5.56 Å². The lowest BCUT2D eigenvalue weighted by Gasteiger charge is -2.09. The first-order valence-electron chi connectivity index (χ1n) is 4.74. The van der Waals surface area contributed by atoms with Gasteiger partial charge in [-0.15, -0.1) is 0 Å². The number of nitrogens with one attached hydrogen (secondary N) is 1. The molecule has 0 atom stereocenters. The molecule has 0 amide bonds. The van der Waals surface area contributed by atoms with Crippen LogP contribution >= 0.6 is 12.2 Å². The third-order valence-corrected chi connectivity index (χ3v) is 3.02. The van der Waals surface area contributed by atoms with Gasteiger partial charge in [0.15, 0.2) is 0 Å². The summed E-state index contributed by atoms with van der Waals surface area (Å²) in [5, 5.41) is 7.06. The van der Waals surface area contributed by atoms with Gasteiger partial charge in [0.2, 0.25) is 10.0 Å². The topological polar surface area (TPSA) is 98.2 Å². The third kappa shape index (κ3) is 4.17. The molecule has 0 aliphatic heterocycles. The highest BCUT2D eigenvalue weighted by molar-refractivity contribution is 7.89. The minimum atomic E-state index is -3.69. The van der Waals surface area contributed by atoms with Crippen LogP contribution in [0.3, 0.4) is 0 Å². The van der Waals surface area contributed by atoms with Gasteiger partial charge in [-0.3, -0.25) is 0 Å². The number of sulfonamides is 1. The second kappa shape index (κ2) is 5.55. The molecule has 0 bridgehead atoms. The highest BCUT2D eigenvalue weighted by atomic mass is 32.2. The van der Waals surface area contributed by atoms with Crippen molar-refractivity contribution in [3.8, 4) is 0 Å². The average Bonchev–Trinajstić information content (AvgIpc) is 2.20. The molecule has 0 aliphatic carbocycles. The van der Waals surface area contributed by atoms with Crippen LogP contribution in [-0.2, 0) is 10.0 Å². The molecule has 5 nitrogen and oxygen atoms in total. The fraction of sp³-hybridized carbons (Fsp3) is 0.222. The minimum Gasteiger partial charge on any atom is -0.389 e. The summed E-state index contributed by atoms with van der Waals surface area (Å²) in [6, 6.07) is 1.93. The van der Waals surface area contributed by atoms with Crippen molar-refractivity contribution in [3.63, 3.8) is 0 Å². The van der Waals surface area contributed by atoms with Crippen LogP contribution < -0.4 is 16.2 Å². The van der Waals surface area contributed by atoms with Crippen molar-refractivity contribution < 1.29 is 17.2 Å². The van der Waals surface area contributed by atoms with Crippen LogP contribution in [-0.4, -0.2) is 25.7 Å². The smallest absolute Gasteiger partial charge is 0.210 e. The zero-order valence-corrected chi connectivity index (χ0v) is 10.7. The van der Waals surface area contributed by atoms with Gasteiger partial charge < -0.3 is 11.1 Å². The van der Waals surface area contributed by atoms with E-state index >= 15 is 0 Å². The monoisotopic (exact) mass is 295 g/mol. The lowest BCUT2D eigenvalue weighted by molar-refractivity contribution is 0.585. The largest absolute Gasteiger partial charge is 0.389 e. The van der Waals surface area contributed by atoms with Gasteiger partial charge in [-0.25, -0.2) is 22.3 Å². The van der Waals surface area contributed by atoms with Gasteiger partial charge in [-0.1, -0.05) is 12.2 Å². The molecule has 1 rings (SSSR count). The Morgan fingerprint density at radius 2 is 1.83 bits per heavy atom. The van der Waals surface area contributed by atoms with E-state index in [1.807, 2.05) is 0 Å². The number of rotatable bonds is 5. The van der Waals surface area contributed by atoms with E-state index in [1.165, 1.54) is 0 Å². The van der Waals surface area contributed by atoms with Crippen molar-refractivity contribution >= 4 is 32.9 Å². The molecule has 0 aromatic heterocycles. The number of anilines is 1. The Balaban J connectivity index is 2.87. The highest BCUT2D eigenvalue weighted by Crippen LogP contribution is 2.20. The molecule has 0 heterocycles. The summed E-state index contributed by atoms with van der Waals surface area (Å²) in [7, 11) is -3.69. The van der Waals surface area contributed by atoms with E-state index in [0.29, 0.717) is 0 Å². The number of thiocarbonyl (C=S) groups is 1. The second-order valence-corrected chi connectivity index (χ2v) is 5.65. The number of hydrogen-bond acceptors (Lipinski definition) is 4. The number of halogens is 2. The number of benzene rings is 1. The molecule has 100 valence electrons. The molecule has 0 saturated heterocycles. The summed E-state index contributed by atoms with van der Waals surface area (Å²) in [6.45, 7) is -0.209. The maximum absolute atomic E-state index is 13.5. The van der Waals surface area contributed by atoms with Crippen molar-refractivity contribution in [2.24, 2.45) is 10.9 Å². The molecular weight excluding hydrogens is 284 g/mol. The fourth-order valence-electron chi connectivity index (χ4n) is 1.20. The van der Waals surface area contributed by atoms with Crippen LogP contribution in [0.5, 0.6) is 0 Å². The van der Waals surface area contributed by atoms with Crippen molar-refractivity contribution in [1.29, 1.82) is 0 Å². The SMILES string of the molecule is NC(=S)c1cc(F)c(NCCS(N)(=O)=O)c(F)c1. The highest BCUT2D eigenvalue weighted by Gasteiger charge is 2.12. The zero-order valence-electron chi connectivity index (χ0n) is 9.11. The molecule has 9 heteroatoms. The van der Waals surface area contributed by atoms with E-state index in [2.05, 4.69) is 17.5 Å². The predicted molar refractivity (Wildman–Crippen MR) is 68.7 cm³/mol. The lowest BCUT2D eigenvalue weighted by Crippen LogP contribution is -2.23. The van der Waals surface area contributed by atoms with E-state index in [0.717, 1.165) is 12.1 Å². The van der Waals surface area contributed by atoms with Crippen LogP contribution in [0.25, 0.3) is 0 Å². The Kier molecular flexibility index (Phi) is 4.54. The van der Waals surface area contributed by atoms with E-state index in [-0.39, 0.29) is 17.1 Å². The molecule has 1 aromatic rings. The maximum atomic E-state index is 13.5. The second-order valence-electron chi connectivity index (χ2n) is 3.47. The standard InChI is InChI=1S/C9H11F2N3O2S2/c10-6-3-5(9(12)17)4-7(11)8(6)14-1-2-18(13,15)16/h3-4,14H,1-2H2,(H2,12,17)(H2,13,15,16). The van der Waals surface area contributed by atoms with Crippen molar-refractivity contribution in [2.45, 2.75) is 0 Å². The van der Waals surface area contributed by atoms with Crippen molar-refractivity contribution in [3.05, 3.63) is 29.3 Å². The van der Waals surface area contributed by atoms with Gasteiger partial charge in [-0.2, -0.15) is 0 Å². The van der Waals surface area contributed by atoms with Crippen LogP contribution in [0.4, 0.5) is 14.5 Å². The van der Waals surface area contributed by atoms with Gasteiger partial charge >= 0.3 is 0 Å². The molecule has 18 heavy (non-hydrogen) atoms. The third-order valence-electron chi connectivity index (χ3n) is 2.01. The molecule has 0 fully saturated rings. The van der Waals surface area contributed by atoms with Crippen molar-refractivity contribution in [1.82, 2.24) is 0 Å². The molecule has 1 aromatic carbocycles. The first kappa shape index (κ1) is 14.7. The normalized spacial score (nSPS) is 11.3. The first-order valence-corrected chi connectivity index (χ1v) is 6.86. The van der Waals surface area contributed by atoms with Crippen LogP contribution in [0, 0.1) is 11.6 Å². The van der Waals surface area contributed by atoms with Gasteiger partial charge in [0.1, 0.15) is 22.3 Å². The molecule has 0 saturated carbocycles. The molecule has 0 aliphatic rings. The Bertz CT molecular complexity index is 552. The summed E-state index contributed by atoms with van der Waals surface area (Å²) in [6.07, 6.45) is 0. The van der Waals surface area contributed by atoms with Crippen molar-refractivity contribution in [2.75, 3.05) is 17.6 Å². The first-order chi connectivity index (χ1) is 8.20. The van der Waals surface area contributed by atoms with E-state index < -0.39 is 33.1 Å². The Morgan fingerprint density at radius 1 is 1.33 bits per heavy atom. The quantitative estimate of drug-likeness (QED) is 0.679. The minimum absolute atomic E-state index is 0.0528. The Morgan fingerprint density at radius 3 is 2.22 bits per heavy atom. The van der Waals surface area contributed by atoms with E-state index in [1.54, 1.807) is 0 Å². The molecule has 5 N–H and O–H groups in total. The zero-order chi connectivity index (χ0) is 13.9. The Labute approximate surface area is 108 Å². The number of primary sulfonamides is 1. The van der Waals surface area contributed by atoms with Gasteiger partial charge in [-0.05, 0) is 12.1 Å². The molecule has 0 radical (unpaired) electrons. The maximum Gasteiger partial charge on any atom is 0.210 e. The molecule has 0 spiro atoms. The molecule has 0 unspecified atom stereocenters. The van der Waals surface area contributed by atoms with Crippen LogP contribution in [0.2, 0.25) is 0 Å². The van der Waals surface area contributed by atoms with Gasteiger partial charge in [0.25, 0.3) is 0 Å². The van der Waals surface area contributed by atoms with E-state index in [4.69, 9.17) is 10.9 Å². The molecular formula is C9H11F2N3O2S2. The van der Waals surface area contributed by atoms with Gasteiger partial charge in [0.05, 0.1) is 5.75 Å². The van der Waals surface area contributed by atoms with Gasteiger partial charge in [0, 0.05) is 12.1 Å². The summed E-state index contributed by atoms with van der Waals surface area (Å²) in [5.41, 5.74) is 4.85. The Hall–Kier alpha value is -1.32.